The van der Waals surface area contributed by atoms with Crippen LogP contribution in [0.25, 0.3) is 0 Å². The molecule has 0 aliphatic rings. The molecular weight excluding hydrogens is 439 g/mol. The van der Waals surface area contributed by atoms with Crippen molar-refractivity contribution in [2.75, 3.05) is 19.5 Å². The molecule has 0 radical (unpaired) electrons. The average molecular weight is 464 g/mol. The van der Waals surface area contributed by atoms with Crippen molar-refractivity contribution in [2.45, 2.75) is 40.2 Å². The number of allylic oxidation sites excluding steroid dienone is 2. The highest BCUT2D eigenvalue weighted by Crippen LogP contribution is 2.42. The van der Waals surface area contributed by atoms with Crippen molar-refractivity contribution in [3.05, 3.63) is 33.9 Å². The second kappa shape index (κ2) is 10.3. The van der Waals surface area contributed by atoms with Crippen molar-refractivity contribution < 1.29 is 19.4 Å². The van der Waals surface area contributed by atoms with Gasteiger partial charge < -0.3 is 14.6 Å². The van der Waals surface area contributed by atoms with Crippen molar-refractivity contribution in [1.82, 2.24) is 0 Å². The third-order valence-corrected chi connectivity index (χ3v) is 5.58. The summed E-state index contributed by atoms with van der Waals surface area (Å²) >= 11 is 2.23. The molecule has 0 aromatic heterocycles. The van der Waals surface area contributed by atoms with E-state index in [0.717, 1.165) is 40.0 Å². The van der Waals surface area contributed by atoms with E-state index in [9.17, 15) is 9.90 Å². The Morgan fingerprint density at radius 2 is 2.00 bits per heavy atom. The van der Waals surface area contributed by atoms with Crippen LogP contribution in [-0.2, 0) is 11.2 Å². The van der Waals surface area contributed by atoms with E-state index in [1.54, 1.807) is 29.9 Å². The van der Waals surface area contributed by atoms with Gasteiger partial charge in [0.2, 0.25) is 0 Å². The minimum absolute atomic E-state index is 0.515. The van der Waals surface area contributed by atoms with Crippen LogP contribution >= 0.6 is 30.1 Å². The third kappa shape index (κ3) is 5.13. The Hall–Kier alpha value is -0.730. The van der Waals surface area contributed by atoms with Gasteiger partial charge in [0, 0.05) is 16.9 Å². The van der Waals surface area contributed by atoms with Gasteiger partial charge >= 0.3 is 0 Å². The summed E-state index contributed by atoms with van der Waals surface area (Å²) in [5.74, 6) is 2.27. The molecule has 0 spiro atoms. The smallest absolute Gasteiger partial charge is 0.145 e. The first-order valence-electron chi connectivity index (χ1n) is 7.75. The van der Waals surface area contributed by atoms with Gasteiger partial charge in [0.05, 0.1) is 19.8 Å². The number of hydrogen-bond acceptors (Lipinski definition) is 5. The van der Waals surface area contributed by atoms with Crippen LogP contribution in [0.1, 0.15) is 42.2 Å². The standard InChI is InChI=1S/C18H25IO4S/c1-11(10-20)6-7-15-17(22-5)13(3)12(2)16(14(4)21)18(15)23-8-9-24-19/h6,10,14,21H,7-9H2,1-5H3/b11-6+. The number of aldehydes is 1. The van der Waals surface area contributed by atoms with Crippen LogP contribution in [0.5, 0.6) is 11.5 Å². The van der Waals surface area contributed by atoms with Gasteiger partial charge in [-0.3, -0.25) is 4.79 Å². The zero-order valence-corrected chi connectivity index (χ0v) is 17.8. The Morgan fingerprint density at radius 1 is 1.33 bits per heavy atom. The van der Waals surface area contributed by atoms with E-state index in [1.165, 1.54) is 0 Å². The maximum Gasteiger partial charge on any atom is 0.145 e. The average Bonchev–Trinajstić information content (AvgIpc) is 2.55. The molecule has 6 heteroatoms. The highest BCUT2D eigenvalue weighted by Gasteiger charge is 2.23. The van der Waals surface area contributed by atoms with Crippen LogP contribution < -0.4 is 9.47 Å². The SMILES string of the molecule is COc1c(C)c(C)c(C(C)O)c(OCCSI)c1C/C=C(\C)C=O. The molecule has 1 rings (SSSR count). The molecule has 1 unspecified atom stereocenters. The Kier molecular flexibility index (Phi) is 9.15. The van der Waals surface area contributed by atoms with Crippen LogP contribution in [0.2, 0.25) is 0 Å². The molecule has 134 valence electrons. The third-order valence-electron chi connectivity index (χ3n) is 3.94. The molecule has 0 saturated carbocycles. The molecule has 0 heterocycles. The predicted molar refractivity (Wildman–Crippen MR) is 109 cm³/mol. The van der Waals surface area contributed by atoms with E-state index < -0.39 is 6.10 Å². The van der Waals surface area contributed by atoms with Crippen LogP contribution in [-0.4, -0.2) is 30.9 Å². The van der Waals surface area contributed by atoms with Gasteiger partial charge in [0.1, 0.15) is 17.8 Å². The zero-order chi connectivity index (χ0) is 18.3. The molecule has 1 atom stereocenters. The quantitative estimate of drug-likeness (QED) is 0.252. The fourth-order valence-electron chi connectivity index (χ4n) is 2.65. The molecule has 4 nitrogen and oxygen atoms in total. The molecule has 0 saturated heterocycles. The molecule has 0 aliphatic heterocycles. The number of carbonyl (C=O) groups excluding carboxylic acids is 1. The first-order chi connectivity index (χ1) is 11.4. The van der Waals surface area contributed by atoms with Crippen molar-refractivity contribution in [3.8, 4) is 11.5 Å². The summed E-state index contributed by atoms with van der Waals surface area (Å²) < 4.78 is 11.6. The summed E-state index contributed by atoms with van der Waals surface area (Å²) in [5, 5.41) is 10.3. The molecular formula is C18H25IO4S. The minimum atomic E-state index is -0.647. The van der Waals surface area contributed by atoms with E-state index in [4.69, 9.17) is 9.47 Å². The molecule has 1 aromatic carbocycles. The largest absolute Gasteiger partial charge is 0.496 e. The van der Waals surface area contributed by atoms with E-state index >= 15 is 0 Å². The minimum Gasteiger partial charge on any atom is -0.496 e. The topological polar surface area (TPSA) is 55.8 Å². The summed E-state index contributed by atoms with van der Waals surface area (Å²) in [6.45, 7) is 8.00. The molecule has 0 fully saturated rings. The molecule has 1 N–H and O–H groups in total. The summed E-state index contributed by atoms with van der Waals surface area (Å²) in [6.07, 6.45) is 2.55. The van der Waals surface area contributed by atoms with Crippen LogP contribution in [0.15, 0.2) is 11.6 Å². The number of ether oxygens (including phenoxy) is 2. The Balaban J connectivity index is 3.55. The summed E-state index contributed by atoms with van der Waals surface area (Å²) in [4.78, 5) is 10.9. The van der Waals surface area contributed by atoms with Gasteiger partial charge in [-0.25, -0.2) is 0 Å². The second-order valence-electron chi connectivity index (χ2n) is 5.61. The number of aliphatic hydroxyl groups excluding tert-OH is 1. The lowest BCUT2D eigenvalue weighted by Crippen LogP contribution is -2.11. The van der Waals surface area contributed by atoms with Gasteiger partial charge in [-0.05, 0) is 72.0 Å². The van der Waals surface area contributed by atoms with Crippen molar-refractivity contribution in [3.63, 3.8) is 0 Å². The number of carbonyl (C=O) groups is 1. The van der Waals surface area contributed by atoms with E-state index in [0.29, 0.717) is 24.4 Å². The summed E-state index contributed by atoms with van der Waals surface area (Å²) in [5.41, 5.74) is 4.27. The highest BCUT2D eigenvalue weighted by molar-refractivity contribution is 14.2. The molecule has 0 amide bonds. The van der Waals surface area contributed by atoms with Crippen LogP contribution in [0.4, 0.5) is 0 Å². The molecule has 24 heavy (non-hydrogen) atoms. The number of halogens is 1. The fourth-order valence-corrected chi connectivity index (χ4v) is 3.34. The lowest BCUT2D eigenvalue weighted by atomic mass is 9.92. The maximum absolute atomic E-state index is 10.9. The molecule has 1 aromatic rings. The highest BCUT2D eigenvalue weighted by atomic mass is 127. The Morgan fingerprint density at radius 3 is 2.50 bits per heavy atom. The van der Waals surface area contributed by atoms with Crippen LogP contribution in [0, 0.1) is 13.8 Å². The zero-order valence-electron chi connectivity index (χ0n) is 14.8. The number of methoxy groups -OCH3 is 1. The van der Waals surface area contributed by atoms with Crippen molar-refractivity contribution in [1.29, 1.82) is 0 Å². The second-order valence-corrected chi connectivity index (χ2v) is 8.11. The molecule has 0 bridgehead atoms. The lowest BCUT2D eigenvalue weighted by molar-refractivity contribution is -0.104. The monoisotopic (exact) mass is 464 g/mol. The summed E-state index contributed by atoms with van der Waals surface area (Å²) in [6, 6.07) is 0. The van der Waals surface area contributed by atoms with Crippen molar-refractivity contribution in [2.24, 2.45) is 0 Å². The van der Waals surface area contributed by atoms with Gasteiger partial charge in [-0.2, -0.15) is 0 Å². The predicted octanol–water partition coefficient (Wildman–Crippen LogP) is 4.52. The number of benzene rings is 1. The number of rotatable bonds is 9. The van der Waals surface area contributed by atoms with E-state index in [-0.39, 0.29) is 0 Å². The van der Waals surface area contributed by atoms with E-state index in [2.05, 4.69) is 21.2 Å². The number of aliphatic hydroxyl groups is 1. The first kappa shape index (κ1) is 21.3. The Labute approximate surface area is 160 Å². The van der Waals surface area contributed by atoms with Crippen molar-refractivity contribution >= 4 is 36.4 Å². The normalized spacial score (nSPS) is 12.9. The molecule has 0 aliphatic carbocycles. The van der Waals surface area contributed by atoms with Gasteiger partial charge in [-0.15, -0.1) is 0 Å². The summed E-state index contributed by atoms with van der Waals surface area (Å²) in [7, 11) is 3.31. The van der Waals surface area contributed by atoms with Gasteiger partial charge in [-0.1, -0.05) is 15.0 Å². The van der Waals surface area contributed by atoms with Gasteiger partial charge in [0.15, 0.2) is 0 Å². The lowest BCUT2D eigenvalue weighted by Gasteiger charge is -2.24. The maximum atomic E-state index is 10.9. The fraction of sp³-hybridized carbons (Fsp3) is 0.500. The van der Waals surface area contributed by atoms with Crippen LogP contribution in [0.3, 0.4) is 0 Å². The Bertz CT molecular complexity index is 612. The first-order valence-corrected chi connectivity index (χ1v) is 11.3. The number of hydrogen-bond donors (Lipinski definition) is 1. The van der Waals surface area contributed by atoms with Gasteiger partial charge in [0.25, 0.3) is 0 Å². The van der Waals surface area contributed by atoms with E-state index in [1.807, 2.05) is 19.9 Å².